The van der Waals surface area contributed by atoms with E-state index in [1.807, 2.05) is 0 Å². The first-order valence-corrected chi connectivity index (χ1v) is 12.9. The first-order chi connectivity index (χ1) is 15.3. The van der Waals surface area contributed by atoms with Crippen molar-refractivity contribution in [2.24, 2.45) is 5.41 Å². The third kappa shape index (κ3) is 6.12. The fourth-order valence-electron chi connectivity index (χ4n) is 7.58. The quantitative estimate of drug-likeness (QED) is 0.253. The van der Waals surface area contributed by atoms with E-state index in [0.29, 0.717) is 12.8 Å². The summed E-state index contributed by atoms with van der Waals surface area (Å²) in [4.78, 5) is 24.0. The maximum Gasteiger partial charge on any atom is 0.321 e. The Morgan fingerprint density at radius 2 is 0.912 bits per heavy atom. The third-order valence-electron chi connectivity index (χ3n) is 8.12. The van der Waals surface area contributed by atoms with Gasteiger partial charge in [-0.15, -0.1) is 0 Å². The number of carboxylic acid groups (broad SMARTS) is 2. The molecule has 1 aliphatic carbocycles. The second-order valence-electron chi connectivity index (χ2n) is 14.1. The van der Waals surface area contributed by atoms with Gasteiger partial charge in [-0.2, -0.15) is 0 Å². The average molecular weight is 481 g/mol. The van der Waals surface area contributed by atoms with Crippen molar-refractivity contribution in [3.8, 4) is 0 Å². The van der Waals surface area contributed by atoms with Crippen molar-refractivity contribution in [1.29, 1.82) is 0 Å². The number of nitrogens with one attached hydrogen (secondary N) is 4. The van der Waals surface area contributed by atoms with Crippen LogP contribution in [0.1, 0.15) is 107 Å². The monoisotopic (exact) mass is 480 g/mol. The maximum absolute atomic E-state index is 12.0. The van der Waals surface area contributed by atoms with Crippen LogP contribution in [0.15, 0.2) is 0 Å². The molecule has 0 unspecified atom stereocenters. The van der Waals surface area contributed by atoms with Gasteiger partial charge in [0.1, 0.15) is 0 Å². The van der Waals surface area contributed by atoms with E-state index >= 15 is 0 Å². The van der Waals surface area contributed by atoms with Gasteiger partial charge in [-0.3, -0.25) is 20.2 Å². The number of aliphatic carboxylic acids is 2. The molecule has 0 atom stereocenters. The van der Waals surface area contributed by atoms with Crippen molar-refractivity contribution in [2.45, 2.75) is 147 Å². The molecule has 196 valence electrons. The second-order valence-corrected chi connectivity index (χ2v) is 14.1. The van der Waals surface area contributed by atoms with Crippen LogP contribution >= 0.6 is 0 Å². The molecule has 6 N–H and O–H groups in total. The molecule has 3 aliphatic rings. The lowest BCUT2D eigenvalue weighted by Gasteiger charge is -2.54. The van der Waals surface area contributed by atoms with E-state index in [1.165, 1.54) is 0 Å². The van der Waals surface area contributed by atoms with Crippen LogP contribution in [0.3, 0.4) is 0 Å². The minimum Gasteiger partial charge on any atom is -0.480 e. The summed E-state index contributed by atoms with van der Waals surface area (Å²) in [6.45, 7) is 17.8. The fourth-order valence-corrected chi connectivity index (χ4v) is 7.58. The molecule has 2 aliphatic heterocycles. The first-order valence-electron chi connectivity index (χ1n) is 12.9. The number of rotatable bonds is 6. The normalized spacial score (nSPS) is 29.9. The van der Waals surface area contributed by atoms with Gasteiger partial charge in [0, 0.05) is 34.2 Å². The zero-order chi connectivity index (χ0) is 25.8. The van der Waals surface area contributed by atoms with Crippen LogP contribution in [0.4, 0.5) is 0 Å². The Balaban J connectivity index is 1.88. The predicted octanol–water partition coefficient (Wildman–Crippen LogP) is 3.21. The van der Waals surface area contributed by atoms with Gasteiger partial charge in [0.25, 0.3) is 0 Å². The molecule has 3 fully saturated rings. The molecule has 0 aromatic carbocycles. The smallest absolute Gasteiger partial charge is 0.321 e. The molecule has 2 heterocycles. The third-order valence-corrected chi connectivity index (χ3v) is 8.12. The fraction of sp³-hybridized carbons (Fsp3) is 0.923. The van der Waals surface area contributed by atoms with E-state index in [-0.39, 0.29) is 47.1 Å². The summed E-state index contributed by atoms with van der Waals surface area (Å²) in [7, 11) is 0. The number of hydrogen-bond donors (Lipinski definition) is 6. The summed E-state index contributed by atoms with van der Waals surface area (Å²) in [6.07, 6.45) is 4.99. The van der Waals surface area contributed by atoms with Gasteiger partial charge in [-0.25, -0.2) is 0 Å². The Morgan fingerprint density at radius 3 is 1.18 bits per heavy atom. The summed E-state index contributed by atoms with van der Waals surface area (Å²) < 4.78 is 0. The van der Waals surface area contributed by atoms with E-state index in [0.717, 1.165) is 25.7 Å². The molecule has 0 spiro atoms. The SMILES string of the molecule is CC1(C)CC(NC2(NC3CC(C)(C)NC(C)(C)C3)CCC(C(=O)O)(C(=O)O)CC2)CC(C)(C)N1. The Kier molecular flexibility index (Phi) is 7.01. The van der Waals surface area contributed by atoms with Gasteiger partial charge in [0.2, 0.25) is 0 Å². The molecular formula is C26H48N4O4. The highest BCUT2D eigenvalue weighted by atomic mass is 16.4. The Bertz CT molecular complexity index is 707. The molecule has 1 saturated carbocycles. The minimum absolute atomic E-state index is 0.0279. The van der Waals surface area contributed by atoms with Crippen LogP contribution in [-0.4, -0.2) is 62.1 Å². The molecule has 8 nitrogen and oxygen atoms in total. The summed E-state index contributed by atoms with van der Waals surface area (Å²) in [6, 6.07) is 0.479. The van der Waals surface area contributed by atoms with Crippen molar-refractivity contribution >= 4 is 11.9 Å². The molecule has 0 aromatic rings. The number of carbonyl (C=O) groups is 2. The predicted molar refractivity (Wildman–Crippen MR) is 134 cm³/mol. The van der Waals surface area contributed by atoms with Gasteiger partial charge in [-0.1, -0.05) is 0 Å². The molecule has 3 rings (SSSR count). The maximum atomic E-state index is 12.0. The lowest BCUT2D eigenvalue weighted by atomic mass is 9.68. The van der Waals surface area contributed by atoms with Crippen molar-refractivity contribution in [3.05, 3.63) is 0 Å². The highest BCUT2D eigenvalue weighted by molar-refractivity contribution is 5.98. The average Bonchev–Trinajstić information content (AvgIpc) is 2.56. The van der Waals surface area contributed by atoms with E-state index < -0.39 is 23.0 Å². The van der Waals surface area contributed by atoms with E-state index in [1.54, 1.807) is 0 Å². The highest BCUT2D eigenvalue weighted by Gasteiger charge is 2.54. The topological polar surface area (TPSA) is 123 Å². The lowest BCUT2D eigenvalue weighted by Crippen LogP contribution is -2.72. The van der Waals surface area contributed by atoms with Crippen LogP contribution in [0, 0.1) is 5.41 Å². The Morgan fingerprint density at radius 1 is 0.618 bits per heavy atom. The molecule has 0 aromatic heterocycles. The van der Waals surface area contributed by atoms with Gasteiger partial charge in [0.15, 0.2) is 5.41 Å². The van der Waals surface area contributed by atoms with Crippen LogP contribution in [0.25, 0.3) is 0 Å². The highest BCUT2D eigenvalue weighted by Crippen LogP contribution is 2.43. The van der Waals surface area contributed by atoms with Crippen molar-refractivity contribution in [3.63, 3.8) is 0 Å². The molecule has 0 amide bonds. The van der Waals surface area contributed by atoms with Crippen LogP contribution in [-0.2, 0) is 9.59 Å². The van der Waals surface area contributed by atoms with Gasteiger partial charge >= 0.3 is 11.9 Å². The standard InChI is InChI=1S/C26H48N4O4/c1-21(2)13-17(14-22(3,4)29-21)27-26(11-9-25(10-12-26,19(31)32)20(33)34)28-18-15-23(5,6)30-24(7,8)16-18/h17-18,27-30H,9-16H2,1-8H3,(H,31,32)(H,33,34). The number of hydrogen-bond acceptors (Lipinski definition) is 6. The number of carboxylic acids is 2. The van der Waals surface area contributed by atoms with E-state index in [4.69, 9.17) is 0 Å². The van der Waals surface area contributed by atoms with Crippen LogP contribution in [0.5, 0.6) is 0 Å². The zero-order valence-corrected chi connectivity index (χ0v) is 22.5. The first kappa shape index (κ1) is 27.4. The van der Waals surface area contributed by atoms with Gasteiger partial charge < -0.3 is 20.8 Å². The summed E-state index contributed by atoms with van der Waals surface area (Å²) in [5.74, 6) is -2.44. The second kappa shape index (κ2) is 8.71. The van der Waals surface area contributed by atoms with E-state index in [2.05, 4.69) is 76.7 Å². The van der Waals surface area contributed by atoms with Crippen LogP contribution < -0.4 is 21.3 Å². The summed E-state index contributed by atoms with van der Waals surface area (Å²) in [5.41, 5.74) is -2.30. The van der Waals surface area contributed by atoms with Crippen LogP contribution in [0.2, 0.25) is 0 Å². The molecule has 2 saturated heterocycles. The Labute approximate surface area is 205 Å². The zero-order valence-electron chi connectivity index (χ0n) is 22.5. The molecular weight excluding hydrogens is 432 g/mol. The molecule has 34 heavy (non-hydrogen) atoms. The summed E-state index contributed by atoms with van der Waals surface area (Å²) in [5, 5.41) is 35.0. The molecule has 8 heteroatoms. The molecule has 0 bridgehead atoms. The van der Waals surface area contributed by atoms with Gasteiger partial charge in [0.05, 0.1) is 5.66 Å². The summed E-state index contributed by atoms with van der Waals surface area (Å²) >= 11 is 0. The number of piperidine rings is 2. The van der Waals surface area contributed by atoms with E-state index in [9.17, 15) is 19.8 Å². The minimum atomic E-state index is -1.70. The van der Waals surface area contributed by atoms with Gasteiger partial charge in [-0.05, 0) is 107 Å². The van der Waals surface area contributed by atoms with Crippen molar-refractivity contribution in [2.75, 3.05) is 0 Å². The Hall–Kier alpha value is -1.22. The molecule has 0 radical (unpaired) electrons. The van der Waals surface area contributed by atoms with Crippen molar-refractivity contribution in [1.82, 2.24) is 21.3 Å². The van der Waals surface area contributed by atoms with Crippen molar-refractivity contribution < 1.29 is 19.8 Å². The largest absolute Gasteiger partial charge is 0.480 e. The lowest BCUT2D eigenvalue weighted by molar-refractivity contribution is -0.169.